The first-order valence-corrected chi connectivity index (χ1v) is 5.54. The lowest BCUT2D eigenvalue weighted by atomic mass is 10.3. The zero-order chi connectivity index (χ0) is 13.8. The summed E-state index contributed by atoms with van der Waals surface area (Å²) in [6.45, 7) is -0.218. The Morgan fingerprint density at radius 1 is 1.32 bits per heavy atom. The van der Waals surface area contributed by atoms with E-state index in [4.69, 9.17) is 11.5 Å². The predicted molar refractivity (Wildman–Crippen MR) is 69.5 cm³/mol. The first-order chi connectivity index (χ1) is 9.06. The molecule has 1 aromatic heterocycles. The summed E-state index contributed by atoms with van der Waals surface area (Å²) >= 11 is 0. The van der Waals surface area contributed by atoms with Crippen LogP contribution in [0.15, 0.2) is 36.5 Å². The Bertz CT molecular complexity index is 620. The molecular formula is C12H13N5O2. The number of anilines is 1. The van der Waals surface area contributed by atoms with Gasteiger partial charge in [-0.1, -0.05) is 6.07 Å². The highest BCUT2D eigenvalue weighted by Gasteiger charge is 2.10. The second-order valence-corrected chi connectivity index (χ2v) is 3.89. The molecule has 0 saturated heterocycles. The highest BCUT2D eigenvalue weighted by atomic mass is 16.2. The van der Waals surface area contributed by atoms with Crippen molar-refractivity contribution in [3.63, 3.8) is 0 Å². The molecule has 0 aliphatic carbocycles. The van der Waals surface area contributed by atoms with Gasteiger partial charge in [0.1, 0.15) is 0 Å². The van der Waals surface area contributed by atoms with E-state index in [0.717, 1.165) is 5.69 Å². The van der Waals surface area contributed by atoms with Gasteiger partial charge in [0, 0.05) is 11.9 Å². The SMILES string of the molecule is NC(=O)CNC(=O)c1ccn(-c2cccc(N)c2)n1. The fourth-order valence-electron chi connectivity index (χ4n) is 1.51. The fourth-order valence-corrected chi connectivity index (χ4v) is 1.51. The summed E-state index contributed by atoms with van der Waals surface area (Å²) in [5.74, 6) is -1.06. The van der Waals surface area contributed by atoms with Crippen LogP contribution in [0.4, 0.5) is 5.69 Å². The quantitative estimate of drug-likeness (QED) is 0.652. The average Bonchev–Trinajstić information content (AvgIpc) is 2.85. The summed E-state index contributed by atoms with van der Waals surface area (Å²) in [4.78, 5) is 22.2. The molecular weight excluding hydrogens is 246 g/mol. The maximum absolute atomic E-state index is 11.6. The Kier molecular flexibility index (Phi) is 3.46. The molecule has 0 fully saturated rings. The van der Waals surface area contributed by atoms with Crippen LogP contribution in [0, 0.1) is 0 Å². The van der Waals surface area contributed by atoms with Crippen molar-refractivity contribution in [2.24, 2.45) is 5.73 Å². The number of nitrogens with one attached hydrogen (secondary N) is 1. The largest absolute Gasteiger partial charge is 0.399 e. The Hall–Kier alpha value is -2.83. The minimum Gasteiger partial charge on any atom is -0.399 e. The number of nitrogen functional groups attached to an aromatic ring is 1. The van der Waals surface area contributed by atoms with Crippen LogP contribution < -0.4 is 16.8 Å². The third kappa shape index (κ3) is 3.09. The van der Waals surface area contributed by atoms with Crippen molar-refractivity contribution in [1.29, 1.82) is 0 Å². The molecule has 0 aliphatic heterocycles. The van der Waals surface area contributed by atoms with Crippen molar-refractivity contribution in [1.82, 2.24) is 15.1 Å². The predicted octanol–water partition coefficient (Wildman–Crippen LogP) is -0.330. The molecule has 1 heterocycles. The second-order valence-electron chi connectivity index (χ2n) is 3.89. The van der Waals surface area contributed by atoms with E-state index in [9.17, 15) is 9.59 Å². The topological polar surface area (TPSA) is 116 Å². The maximum Gasteiger partial charge on any atom is 0.272 e. The number of benzene rings is 1. The van der Waals surface area contributed by atoms with Crippen molar-refractivity contribution < 1.29 is 9.59 Å². The van der Waals surface area contributed by atoms with Crippen molar-refractivity contribution >= 4 is 17.5 Å². The number of aromatic nitrogens is 2. The lowest BCUT2D eigenvalue weighted by Gasteiger charge is -2.02. The van der Waals surface area contributed by atoms with Gasteiger partial charge in [-0.3, -0.25) is 9.59 Å². The molecule has 0 aliphatic rings. The van der Waals surface area contributed by atoms with Crippen molar-refractivity contribution in [2.75, 3.05) is 12.3 Å². The summed E-state index contributed by atoms with van der Waals surface area (Å²) in [6, 6.07) is 8.64. The van der Waals surface area contributed by atoms with Gasteiger partial charge < -0.3 is 16.8 Å². The summed E-state index contributed by atoms with van der Waals surface area (Å²) in [7, 11) is 0. The zero-order valence-corrected chi connectivity index (χ0v) is 10.0. The molecule has 0 spiro atoms. The lowest BCUT2D eigenvalue weighted by molar-refractivity contribution is -0.117. The molecule has 98 valence electrons. The Morgan fingerprint density at radius 3 is 2.79 bits per heavy atom. The van der Waals surface area contributed by atoms with E-state index >= 15 is 0 Å². The molecule has 0 saturated carbocycles. The van der Waals surface area contributed by atoms with Crippen LogP contribution in [0.2, 0.25) is 0 Å². The number of rotatable bonds is 4. The van der Waals surface area contributed by atoms with E-state index in [-0.39, 0.29) is 12.2 Å². The van der Waals surface area contributed by atoms with Crippen LogP contribution in [0.1, 0.15) is 10.5 Å². The number of primary amides is 1. The molecule has 7 heteroatoms. The molecule has 0 atom stereocenters. The molecule has 2 amide bonds. The van der Waals surface area contributed by atoms with E-state index in [1.54, 1.807) is 30.5 Å². The number of amides is 2. The molecule has 2 aromatic rings. The maximum atomic E-state index is 11.6. The number of nitrogens with two attached hydrogens (primary N) is 2. The molecule has 0 unspecified atom stereocenters. The van der Waals surface area contributed by atoms with E-state index in [1.807, 2.05) is 6.07 Å². The standard InChI is InChI=1S/C12H13N5O2/c13-8-2-1-3-9(6-8)17-5-4-10(16-17)12(19)15-7-11(14)18/h1-6H,7,13H2,(H2,14,18)(H,15,19). The van der Waals surface area contributed by atoms with Gasteiger partial charge in [-0.2, -0.15) is 5.10 Å². The van der Waals surface area contributed by atoms with Crippen molar-refractivity contribution in [2.45, 2.75) is 0 Å². The molecule has 5 N–H and O–H groups in total. The Balaban J connectivity index is 2.15. The number of carbonyl (C=O) groups is 2. The zero-order valence-electron chi connectivity index (χ0n) is 10.0. The van der Waals surface area contributed by atoms with Gasteiger partial charge in [0.2, 0.25) is 5.91 Å². The molecule has 2 rings (SSSR count). The number of hydrogen-bond donors (Lipinski definition) is 3. The van der Waals surface area contributed by atoms with Gasteiger partial charge >= 0.3 is 0 Å². The van der Waals surface area contributed by atoms with Crippen molar-refractivity contribution in [3.05, 3.63) is 42.2 Å². The minimum atomic E-state index is -0.608. The summed E-state index contributed by atoms with van der Waals surface area (Å²) in [5, 5.41) is 6.46. The fraction of sp³-hybridized carbons (Fsp3) is 0.0833. The number of hydrogen-bond acceptors (Lipinski definition) is 4. The minimum absolute atomic E-state index is 0.198. The Labute approximate surface area is 109 Å². The number of carbonyl (C=O) groups excluding carboxylic acids is 2. The molecule has 19 heavy (non-hydrogen) atoms. The second kappa shape index (κ2) is 5.21. The highest BCUT2D eigenvalue weighted by molar-refractivity contribution is 5.94. The first kappa shape index (κ1) is 12.6. The molecule has 1 aromatic carbocycles. The molecule has 7 nitrogen and oxygen atoms in total. The average molecular weight is 259 g/mol. The highest BCUT2D eigenvalue weighted by Crippen LogP contribution is 2.11. The van der Waals surface area contributed by atoms with Gasteiger partial charge in [-0.15, -0.1) is 0 Å². The van der Waals surface area contributed by atoms with Crippen LogP contribution in [-0.4, -0.2) is 28.1 Å². The van der Waals surface area contributed by atoms with Gasteiger partial charge in [-0.25, -0.2) is 4.68 Å². The molecule has 0 bridgehead atoms. The van der Waals surface area contributed by atoms with Crippen LogP contribution in [0.3, 0.4) is 0 Å². The summed E-state index contributed by atoms with van der Waals surface area (Å²) in [6.07, 6.45) is 1.63. The first-order valence-electron chi connectivity index (χ1n) is 5.54. The summed E-state index contributed by atoms with van der Waals surface area (Å²) in [5.41, 5.74) is 12.2. The third-order valence-corrected chi connectivity index (χ3v) is 2.38. The third-order valence-electron chi connectivity index (χ3n) is 2.38. The number of nitrogens with zero attached hydrogens (tertiary/aromatic N) is 2. The normalized spacial score (nSPS) is 10.1. The van der Waals surface area contributed by atoms with Crippen LogP contribution in [-0.2, 0) is 4.79 Å². The van der Waals surface area contributed by atoms with Crippen LogP contribution >= 0.6 is 0 Å². The lowest BCUT2D eigenvalue weighted by Crippen LogP contribution is -2.33. The monoisotopic (exact) mass is 259 g/mol. The molecule has 0 radical (unpaired) electrons. The van der Waals surface area contributed by atoms with Gasteiger partial charge in [0.05, 0.1) is 12.2 Å². The van der Waals surface area contributed by atoms with Crippen molar-refractivity contribution in [3.8, 4) is 5.69 Å². The van der Waals surface area contributed by atoms with Crippen LogP contribution in [0.5, 0.6) is 0 Å². The van der Waals surface area contributed by atoms with Crippen LogP contribution in [0.25, 0.3) is 5.69 Å². The Morgan fingerprint density at radius 2 is 2.11 bits per heavy atom. The van der Waals surface area contributed by atoms with E-state index in [1.165, 1.54) is 4.68 Å². The van der Waals surface area contributed by atoms with Gasteiger partial charge in [-0.05, 0) is 24.3 Å². The van der Waals surface area contributed by atoms with E-state index < -0.39 is 11.8 Å². The van der Waals surface area contributed by atoms with Gasteiger partial charge in [0.25, 0.3) is 5.91 Å². The van der Waals surface area contributed by atoms with E-state index in [0.29, 0.717) is 5.69 Å². The summed E-state index contributed by atoms with van der Waals surface area (Å²) < 4.78 is 1.52. The van der Waals surface area contributed by atoms with Gasteiger partial charge in [0.15, 0.2) is 5.69 Å². The van der Waals surface area contributed by atoms with E-state index in [2.05, 4.69) is 10.4 Å². The smallest absolute Gasteiger partial charge is 0.272 e.